The second-order valence-electron chi connectivity index (χ2n) is 4.69. The van der Waals surface area contributed by atoms with Crippen LogP contribution in [0.5, 0.6) is 0 Å². The fourth-order valence-electron chi connectivity index (χ4n) is 2.15. The molecule has 1 N–H and O–H groups in total. The van der Waals surface area contributed by atoms with Gasteiger partial charge in [-0.1, -0.05) is 37.3 Å². The van der Waals surface area contributed by atoms with Gasteiger partial charge in [-0.25, -0.2) is 0 Å². The van der Waals surface area contributed by atoms with E-state index in [1.165, 1.54) is 5.56 Å². The summed E-state index contributed by atoms with van der Waals surface area (Å²) in [7, 11) is 0. The van der Waals surface area contributed by atoms with Crippen LogP contribution in [0.25, 0.3) is 0 Å². The highest BCUT2D eigenvalue weighted by atomic mass is 16.5. The third-order valence-corrected chi connectivity index (χ3v) is 3.27. The molecule has 0 aromatic heterocycles. The van der Waals surface area contributed by atoms with Crippen molar-refractivity contribution < 1.29 is 9.84 Å². The Morgan fingerprint density at radius 2 is 2.00 bits per heavy atom. The SMILES string of the molecule is CC(CO)(CC1COC1)c1ccccc1. The lowest BCUT2D eigenvalue weighted by molar-refractivity contribution is -0.0485. The predicted molar refractivity (Wildman–Crippen MR) is 59.8 cm³/mol. The molecule has 1 aliphatic rings. The summed E-state index contributed by atoms with van der Waals surface area (Å²) in [6.45, 7) is 4.03. The Morgan fingerprint density at radius 3 is 2.47 bits per heavy atom. The zero-order chi connectivity index (χ0) is 10.7. The van der Waals surface area contributed by atoms with Crippen molar-refractivity contribution in [3.63, 3.8) is 0 Å². The number of ether oxygens (including phenoxy) is 1. The molecule has 1 atom stereocenters. The third-order valence-electron chi connectivity index (χ3n) is 3.27. The first-order valence-corrected chi connectivity index (χ1v) is 5.49. The fraction of sp³-hybridized carbons (Fsp3) is 0.538. The summed E-state index contributed by atoms with van der Waals surface area (Å²) >= 11 is 0. The molecule has 0 spiro atoms. The largest absolute Gasteiger partial charge is 0.395 e. The predicted octanol–water partition coefficient (Wildman–Crippen LogP) is 1.97. The number of benzene rings is 1. The summed E-state index contributed by atoms with van der Waals surface area (Å²) < 4.78 is 5.18. The molecule has 2 nitrogen and oxygen atoms in total. The first kappa shape index (κ1) is 10.7. The Morgan fingerprint density at radius 1 is 1.33 bits per heavy atom. The van der Waals surface area contributed by atoms with Gasteiger partial charge in [0, 0.05) is 11.3 Å². The number of aliphatic hydroxyl groups is 1. The molecule has 0 aliphatic carbocycles. The van der Waals surface area contributed by atoms with Gasteiger partial charge in [0.2, 0.25) is 0 Å². The minimum Gasteiger partial charge on any atom is -0.395 e. The molecule has 2 heteroatoms. The molecule has 15 heavy (non-hydrogen) atoms. The molecular weight excluding hydrogens is 188 g/mol. The summed E-state index contributed by atoms with van der Waals surface area (Å²) in [5.74, 6) is 0.613. The highest BCUT2D eigenvalue weighted by molar-refractivity contribution is 5.24. The van der Waals surface area contributed by atoms with Crippen molar-refractivity contribution in [2.75, 3.05) is 19.8 Å². The van der Waals surface area contributed by atoms with Crippen molar-refractivity contribution in [2.24, 2.45) is 5.92 Å². The van der Waals surface area contributed by atoms with Crippen LogP contribution >= 0.6 is 0 Å². The smallest absolute Gasteiger partial charge is 0.0525 e. The normalized spacial score (nSPS) is 20.7. The monoisotopic (exact) mass is 206 g/mol. The summed E-state index contributed by atoms with van der Waals surface area (Å²) in [6, 6.07) is 10.3. The Labute approximate surface area is 90.9 Å². The molecule has 1 aromatic rings. The van der Waals surface area contributed by atoms with E-state index in [0.29, 0.717) is 5.92 Å². The van der Waals surface area contributed by atoms with Gasteiger partial charge in [0.25, 0.3) is 0 Å². The van der Waals surface area contributed by atoms with Crippen LogP contribution in [0.2, 0.25) is 0 Å². The Bertz CT molecular complexity index is 306. The molecule has 1 heterocycles. The molecule has 1 saturated heterocycles. The zero-order valence-electron chi connectivity index (χ0n) is 9.15. The van der Waals surface area contributed by atoms with Crippen LogP contribution in [0.1, 0.15) is 18.9 Å². The summed E-state index contributed by atoms with van der Waals surface area (Å²) in [5, 5.41) is 9.57. The van der Waals surface area contributed by atoms with E-state index in [4.69, 9.17) is 4.74 Å². The molecule has 1 fully saturated rings. The van der Waals surface area contributed by atoms with E-state index in [0.717, 1.165) is 19.6 Å². The third kappa shape index (κ3) is 2.21. The lowest BCUT2D eigenvalue weighted by Crippen LogP contribution is -2.37. The van der Waals surface area contributed by atoms with Gasteiger partial charge in [-0.2, -0.15) is 0 Å². The second kappa shape index (κ2) is 4.33. The van der Waals surface area contributed by atoms with Crippen LogP contribution in [0.15, 0.2) is 30.3 Å². The molecular formula is C13H18O2. The molecule has 82 valence electrons. The summed E-state index contributed by atoms with van der Waals surface area (Å²) in [6.07, 6.45) is 1.01. The average Bonchev–Trinajstić information content (AvgIpc) is 2.24. The van der Waals surface area contributed by atoms with Crippen molar-refractivity contribution in [2.45, 2.75) is 18.8 Å². The van der Waals surface area contributed by atoms with Gasteiger partial charge in [-0.05, 0) is 12.0 Å². The topological polar surface area (TPSA) is 29.5 Å². The molecule has 0 saturated carbocycles. The van der Waals surface area contributed by atoms with Crippen molar-refractivity contribution in [3.05, 3.63) is 35.9 Å². The van der Waals surface area contributed by atoms with Gasteiger partial charge < -0.3 is 9.84 Å². The van der Waals surface area contributed by atoms with Crippen molar-refractivity contribution >= 4 is 0 Å². The van der Waals surface area contributed by atoms with E-state index in [-0.39, 0.29) is 12.0 Å². The molecule has 1 unspecified atom stereocenters. The lowest BCUT2D eigenvalue weighted by atomic mass is 9.75. The van der Waals surface area contributed by atoms with Gasteiger partial charge in [0.1, 0.15) is 0 Å². The Hall–Kier alpha value is -0.860. The van der Waals surface area contributed by atoms with E-state index in [1.54, 1.807) is 0 Å². The van der Waals surface area contributed by atoms with Gasteiger partial charge in [0.05, 0.1) is 19.8 Å². The molecule has 0 bridgehead atoms. The van der Waals surface area contributed by atoms with Crippen LogP contribution in [-0.2, 0) is 10.2 Å². The zero-order valence-corrected chi connectivity index (χ0v) is 9.15. The molecule has 1 aromatic carbocycles. The Kier molecular flexibility index (Phi) is 3.08. The Balaban J connectivity index is 2.12. The van der Waals surface area contributed by atoms with E-state index in [2.05, 4.69) is 19.1 Å². The van der Waals surface area contributed by atoms with Crippen molar-refractivity contribution in [1.29, 1.82) is 0 Å². The highest BCUT2D eigenvalue weighted by Gasteiger charge is 2.32. The number of aliphatic hydroxyl groups excluding tert-OH is 1. The second-order valence-corrected chi connectivity index (χ2v) is 4.69. The number of rotatable bonds is 4. The van der Waals surface area contributed by atoms with Crippen molar-refractivity contribution in [3.8, 4) is 0 Å². The van der Waals surface area contributed by atoms with Crippen LogP contribution < -0.4 is 0 Å². The molecule has 1 aliphatic heterocycles. The van der Waals surface area contributed by atoms with E-state index < -0.39 is 0 Å². The standard InChI is InChI=1S/C13H18O2/c1-13(10-14,7-11-8-15-9-11)12-5-3-2-4-6-12/h2-6,11,14H,7-10H2,1H3. The van der Waals surface area contributed by atoms with Gasteiger partial charge >= 0.3 is 0 Å². The maximum absolute atomic E-state index is 9.57. The van der Waals surface area contributed by atoms with Gasteiger partial charge in [-0.15, -0.1) is 0 Å². The molecule has 0 amide bonds. The van der Waals surface area contributed by atoms with Crippen molar-refractivity contribution in [1.82, 2.24) is 0 Å². The summed E-state index contributed by atoms with van der Waals surface area (Å²) in [4.78, 5) is 0. The molecule has 2 rings (SSSR count). The summed E-state index contributed by atoms with van der Waals surface area (Å²) in [5.41, 5.74) is 1.11. The number of hydrogen-bond acceptors (Lipinski definition) is 2. The maximum Gasteiger partial charge on any atom is 0.0525 e. The minimum absolute atomic E-state index is 0.115. The van der Waals surface area contributed by atoms with Gasteiger partial charge in [0.15, 0.2) is 0 Å². The van der Waals surface area contributed by atoms with Gasteiger partial charge in [-0.3, -0.25) is 0 Å². The quantitative estimate of drug-likeness (QED) is 0.816. The van der Waals surface area contributed by atoms with Crippen LogP contribution in [0.4, 0.5) is 0 Å². The first-order chi connectivity index (χ1) is 7.24. The van der Waals surface area contributed by atoms with Crippen LogP contribution in [0, 0.1) is 5.92 Å². The fourth-order valence-corrected chi connectivity index (χ4v) is 2.15. The first-order valence-electron chi connectivity index (χ1n) is 5.49. The van der Waals surface area contributed by atoms with Crippen LogP contribution in [-0.4, -0.2) is 24.9 Å². The lowest BCUT2D eigenvalue weighted by Gasteiger charge is -2.36. The average molecular weight is 206 g/mol. The minimum atomic E-state index is -0.115. The van der Waals surface area contributed by atoms with E-state index >= 15 is 0 Å². The van der Waals surface area contributed by atoms with E-state index in [1.807, 2.05) is 18.2 Å². The highest BCUT2D eigenvalue weighted by Crippen LogP contribution is 2.33. The maximum atomic E-state index is 9.57. The van der Waals surface area contributed by atoms with E-state index in [9.17, 15) is 5.11 Å². The molecule has 0 radical (unpaired) electrons. The van der Waals surface area contributed by atoms with Crippen LogP contribution in [0.3, 0.4) is 0 Å². The number of hydrogen-bond donors (Lipinski definition) is 1.